The van der Waals surface area contributed by atoms with Gasteiger partial charge in [-0.3, -0.25) is 0 Å². The molecule has 0 aliphatic rings. The van der Waals surface area contributed by atoms with E-state index in [1.807, 2.05) is 42.5 Å². The third-order valence-corrected chi connectivity index (χ3v) is 4.82. The molecule has 1 atom stereocenters. The van der Waals surface area contributed by atoms with Crippen molar-refractivity contribution in [2.24, 2.45) is 0 Å². The molecule has 2 aromatic carbocycles. The average Bonchev–Trinajstić information content (AvgIpc) is 2.71. The van der Waals surface area contributed by atoms with E-state index in [2.05, 4.69) is 21.2 Å². The van der Waals surface area contributed by atoms with E-state index in [-0.39, 0.29) is 6.42 Å². The van der Waals surface area contributed by atoms with Gasteiger partial charge in [-0.25, -0.2) is 9.59 Å². The van der Waals surface area contributed by atoms with E-state index in [0.29, 0.717) is 12.4 Å². The van der Waals surface area contributed by atoms with Crippen LogP contribution in [0.4, 0.5) is 4.79 Å². The first-order valence-electron chi connectivity index (χ1n) is 9.73. The molecule has 168 valence electrons. The van der Waals surface area contributed by atoms with E-state index >= 15 is 0 Å². The lowest BCUT2D eigenvalue weighted by atomic mass is 10.0. The first-order chi connectivity index (χ1) is 14.6. The minimum atomic E-state index is -0.933. The predicted molar refractivity (Wildman–Crippen MR) is 120 cm³/mol. The van der Waals surface area contributed by atoms with Gasteiger partial charge in [-0.15, -0.1) is 0 Å². The number of carbonyl (C=O) groups is 2. The Bertz CT molecular complexity index is 892. The number of halogens is 1. The molecule has 0 saturated heterocycles. The summed E-state index contributed by atoms with van der Waals surface area (Å²) >= 11 is 3.50. The molecular formula is C23H28BrNO6. The third-order valence-electron chi connectivity index (χ3n) is 4.19. The Morgan fingerprint density at radius 3 is 2.32 bits per heavy atom. The number of methoxy groups -OCH3 is 2. The summed E-state index contributed by atoms with van der Waals surface area (Å²) in [5.74, 6) is 0.768. The Kier molecular flexibility index (Phi) is 8.74. The standard InChI is InChI=1S/C23H28BrNO6/c1-23(2,3)31-22(27)25-19(21(26)29-5)13-16-7-6-8-18(24)20(16)30-14-15-9-11-17(28-4)12-10-15/h6-12,19H,13-14H2,1-5H3,(H,25,27)/t19-/m1/s1. The van der Waals surface area contributed by atoms with Crippen LogP contribution in [0.1, 0.15) is 31.9 Å². The minimum absolute atomic E-state index is 0.170. The summed E-state index contributed by atoms with van der Waals surface area (Å²) in [6.45, 7) is 5.57. The van der Waals surface area contributed by atoms with E-state index in [1.54, 1.807) is 27.9 Å². The summed E-state index contributed by atoms with van der Waals surface area (Å²) in [7, 11) is 2.88. The summed E-state index contributed by atoms with van der Waals surface area (Å²) < 4.78 is 22.1. The lowest BCUT2D eigenvalue weighted by Crippen LogP contribution is -2.45. The Labute approximate surface area is 191 Å². The predicted octanol–water partition coefficient (Wildman–Crippen LogP) is 4.65. The van der Waals surface area contributed by atoms with Gasteiger partial charge in [-0.05, 0) is 66.0 Å². The van der Waals surface area contributed by atoms with Crippen LogP contribution in [0.25, 0.3) is 0 Å². The van der Waals surface area contributed by atoms with Gasteiger partial charge < -0.3 is 24.3 Å². The molecule has 0 spiro atoms. The molecule has 7 nitrogen and oxygen atoms in total. The summed E-state index contributed by atoms with van der Waals surface area (Å²) in [6, 6.07) is 12.1. The molecule has 0 heterocycles. The second kappa shape index (κ2) is 11.0. The van der Waals surface area contributed by atoms with Crippen molar-refractivity contribution in [3.63, 3.8) is 0 Å². The maximum Gasteiger partial charge on any atom is 0.408 e. The second-order valence-corrected chi connectivity index (χ2v) is 8.65. The maximum atomic E-state index is 12.3. The number of carbonyl (C=O) groups excluding carboxylic acids is 2. The lowest BCUT2D eigenvalue weighted by molar-refractivity contribution is -0.143. The van der Waals surface area contributed by atoms with Gasteiger partial charge in [-0.1, -0.05) is 24.3 Å². The SMILES string of the molecule is COC(=O)[C@@H](Cc1cccc(Br)c1OCc1ccc(OC)cc1)NC(=O)OC(C)(C)C. The zero-order valence-electron chi connectivity index (χ0n) is 18.4. The summed E-state index contributed by atoms with van der Waals surface area (Å²) in [6.07, 6.45) is -0.526. The molecule has 31 heavy (non-hydrogen) atoms. The molecule has 1 amide bonds. The van der Waals surface area contributed by atoms with Gasteiger partial charge in [0.2, 0.25) is 0 Å². The van der Waals surface area contributed by atoms with E-state index in [9.17, 15) is 9.59 Å². The van der Waals surface area contributed by atoms with Crippen molar-refractivity contribution >= 4 is 28.0 Å². The monoisotopic (exact) mass is 493 g/mol. The van der Waals surface area contributed by atoms with Crippen molar-refractivity contribution < 1.29 is 28.5 Å². The highest BCUT2D eigenvalue weighted by Crippen LogP contribution is 2.31. The van der Waals surface area contributed by atoms with Crippen molar-refractivity contribution in [2.45, 2.75) is 45.4 Å². The number of para-hydroxylation sites is 1. The third kappa shape index (κ3) is 7.79. The van der Waals surface area contributed by atoms with Gasteiger partial charge in [0.1, 0.15) is 29.7 Å². The smallest absolute Gasteiger partial charge is 0.408 e. The van der Waals surface area contributed by atoms with Gasteiger partial charge in [-0.2, -0.15) is 0 Å². The van der Waals surface area contributed by atoms with Crippen LogP contribution in [0, 0.1) is 0 Å². The minimum Gasteiger partial charge on any atom is -0.497 e. The highest BCUT2D eigenvalue weighted by Gasteiger charge is 2.26. The number of hydrogen-bond acceptors (Lipinski definition) is 6. The van der Waals surface area contributed by atoms with Crippen LogP contribution in [0.3, 0.4) is 0 Å². The van der Waals surface area contributed by atoms with Crippen LogP contribution in [0.5, 0.6) is 11.5 Å². The van der Waals surface area contributed by atoms with Gasteiger partial charge in [0.25, 0.3) is 0 Å². The Morgan fingerprint density at radius 1 is 1.06 bits per heavy atom. The summed E-state index contributed by atoms with van der Waals surface area (Å²) in [5.41, 5.74) is 1.00. The fraction of sp³-hybridized carbons (Fsp3) is 0.391. The van der Waals surface area contributed by atoms with Crippen molar-refractivity contribution in [3.8, 4) is 11.5 Å². The summed E-state index contributed by atoms with van der Waals surface area (Å²) in [5, 5.41) is 2.59. The van der Waals surface area contributed by atoms with Gasteiger partial charge in [0.05, 0.1) is 18.7 Å². The molecule has 1 N–H and O–H groups in total. The maximum absolute atomic E-state index is 12.3. The van der Waals surface area contributed by atoms with Crippen molar-refractivity contribution in [1.82, 2.24) is 5.32 Å². The van der Waals surface area contributed by atoms with Crippen LogP contribution >= 0.6 is 15.9 Å². The normalized spacial score (nSPS) is 11.9. The first-order valence-corrected chi connectivity index (χ1v) is 10.5. The number of nitrogens with one attached hydrogen (secondary N) is 1. The fourth-order valence-corrected chi connectivity index (χ4v) is 3.28. The first kappa shape index (κ1) is 24.5. The zero-order valence-corrected chi connectivity index (χ0v) is 19.9. The van der Waals surface area contributed by atoms with E-state index in [1.165, 1.54) is 7.11 Å². The quantitative estimate of drug-likeness (QED) is 0.539. The molecule has 2 rings (SSSR count). The number of amides is 1. The Hall–Kier alpha value is -2.74. The Balaban J connectivity index is 2.18. The van der Waals surface area contributed by atoms with Crippen LogP contribution in [0.2, 0.25) is 0 Å². The van der Waals surface area contributed by atoms with Crippen molar-refractivity contribution in [1.29, 1.82) is 0 Å². The van der Waals surface area contributed by atoms with E-state index < -0.39 is 23.7 Å². The van der Waals surface area contributed by atoms with Crippen LogP contribution in [-0.4, -0.2) is 37.9 Å². The average molecular weight is 494 g/mol. The molecule has 2 aromatic rings. The molecule has 0 unspecified atom stereocenters. The van der Waals surface area contributed by atoms with Crippen molar-refractivity contribution in [3.05, 3.63) is 58.1 Å². The van der Waals surface area contributed by atoms with Crippen molar-refractivity contribution in [2.75, 3.05) is 14.2 Å². The van der Waals surface area contributed by atoms with E-state index in [0.717, 1.165) is 21.3 Å². The van der Waals surface area contributed by atoms with Gasteiger partial charge in [0, 0.05) is 6.42 Å². The fourth-order valence-electron chi connectivity index (χ4n) is 2.76. The molecule has 0 aliphatic heterocycles. The summed E-state index contributed by atoms with van der Waals surface area (Å²) in [4.78, 5) is 24.5. The highest BCUT2D eigenvalue weighted by molar-refractivity contribution is 9.10. The molecular weight excluding hydrogens is 466 g/mol. The van der Waals surface area contributed by atoms with Crippen LogP contribution in [0.15, 0.2) is 46.9 Å². The number of rotatable bonds is 8. The molecule has 8 heteroatoms. The molecule has 0 fully saturated rings. The Morgan fingerprint density at radius 2 is 1.74 bits per heavy atom. The van der Waals surface area contributed by atoms with E-state index in [4.69, 9.17) is 18.9 Å². The molecule has 0 bridgehead atoms. The molecule has 0 radical (unpaired) electrons. The van der Waals surface area contributed by atoms with Gasteiger partial charge in [0.15, 0.2) is 0 Å². The number of ether oxygens (including phenoxy) is 4. The second-order valence-electron chi connectivity index (χ2n) is 7.79. The molecule has 0 aromatic heterocycles. The topological polar surface area (TPSA) is 83.1 Å². The largest absolute Gasteiger partial charge is 0.497 e. The van der Waals surface area contributed by atoms with Gasteiger partial charge >= 0.3 is 12.1 Å². The number of benzene rings is 2. The highest BCUT2D eigenvalue weighted by atomic mass is 79.9. The van der Waals surface area contributed by atoms with Crippen LogP contribution in [-0.2, 0) is 27.3 Å². The molecule has 0 aliphatic carbocycles. The zero-order chi connectivity index (χ0) is 23.0. The lowest BCUT2D eigenvalue weighted by Gasteiger charge is -2.23. The number of alkyl carbamates (subject to hydrolysis) is 1. The van der Waals surface area contributed by atoms with Crippen LogP contribution < -0.4 is 14.8 Å². The number of esters is 1. The number of hydrogen-bond donors (Lipinski definition) is 1. The molecule has 0 saturated carbocycles.